The molecule has 8 nitrogen and oxygen atoms in total. The van der Waals surface area contributed by atoms with Crippen molar-refractivity contribution in [3.8, 4) is 16.9 Å². The first-order valence-corrected chi connectivity index (χ1v) is 7.12. The van der Waals surface area contributed by atoms with Crippen LogP contribution in [0.1, 0.15) is 27.6 Å². The SMILES string of the molecule is C=C(C)COc1cccc(-c2c(C(=O)O)c(N)[nH]c(=O)c2C(=O)O)c1. The summed E-state index contributed by atoms with van der Waals surface area (Å²) in [6.45, 7) is 5.71. The van der Waals surface area contributed by atoms with E-state index in [9.17, 15) is 24.6 Å². The summed E-state index contributed by atoms with van der Waals surface area (Å²) < 4.78 is 5.48. The molecule has 0 spiro atoms. The molecular weight excluding hydrogens is 328 g/mol. The normalized spacial score (nSPS) is 10.3. The number of aromatic carboxylic acids is 2. The van der Waals surface area contributed by atoms with Crippen LogP contribution in [0.3, 0.4) is 0 Å². The first-order valence-electron chi connectivity index (χ1n) is 7.12. The van der Waals surface area contributed by atoms with E-state index in [0.29, 0.717) is 5.75 Å². The number of nitrogen functional groups attached to an aromatic ring is 1. The van der Waals surface area contributed by atoms with E-state index in [4.69, 9.17) is 10.5 Å². The van der Waals surface area contributed by atoms with Gasteiger partial charge >= 0.3 is 11.9 Å². The molecule has 2 aromatic rings. The molecule has 0 saturated heterocycles. The molecule has 0 aliphatic carbocycles. The maximum atomic E-state index is 12.0. The standard InChI is InChI=1S/C17H16N2O6/c1-8(2)7-25-10-5-3-4-9(6-10)11-12(16(21)22)14(18)19-15(20)13(11)17(23)24/h3-6H,1,7H2,2H3,(H,21,22)(H,23,24)(H3,18,19,20). The van der Waals surface area contributed by atoms with Crippen molar-refractivity contribution in [3.05, 3.63) is 57.9 Å². The van der Waals surface area contributed by atoms with Gasteiger partial charge in [0.25, 0.3) is 5.56 Å². The predicted molar refractivity (Wildman–Crippen MR) is 91.1 cm³/mol. The highest BCUT2D eigenvalue weighted by Crippen LogP contribution is 2.31. The molecule has 0 saturated carbocycles. The van der Waals surface area contributed by atoms with E-state index < -0.39 is 34.4 Å². The van der Waals surface area contributed by atoms with Crippen LogP contribution >= 0.6 is 0 Å². The number of carboxylic acid groups (broad SMARTS) is 2. The Morgan fingerprint density at radius 1 is 1.24 bits per heavy atom. The summed E-state index contributed by atoms with van der Waals surface area (Å²) in [5, 5.41) is 18.8. The minimum atomic E-state index is -1.56. The second-order valence-electron chi connectivity index (χ2n) is 5.38. The van der Waals surface area contributed by atoms with Crippen molar-refractivity contribution >= 4 is 17.8 Å². The Bertz CT molecular complexity index is 929. The molecule has 8 heteroatoms. The van der Waals surface area contributed by atoms with Gasteiger partial charge in [-0.3, -0.25) is 4.79 Å². The fourth-order valence-electron chi connectivity index (χ4n) is 2.28. The number of carboxylic acids is 2. The van der Waals surface area contributed by atoms with E-state index in [2.05, 4.69) is 11.6 Å². The molecule has 2 rings (SSSR count). The van der Waals surface area contributed by atoms with Gasteiger partial charge in [0.1, 0.15) is 29.3 Å². The summed E-state index contributed by atoms with van der Waals surface area (Å²) in [4.78, 5) is 37.1. The average Bonchev–Trinajstić information content (AvgIpc) is 2.51. The highest BCUT2D eigenvalue weighted by atomic mass is 16.5. The molecule has 1 heterocycles. The lowest BCUT2D eigenvalue weighted by molar-refractivity contribution is 0.0695. The van der Waals surface area contributed by atoms with Gasteiger partial charge in [-0.15, -0.1) is 0 Å². The highest BCUT2D eigenvalue weighted by molar-refractivity contribution is 6.07. The Balaban J connectivity index is 2.75. The number of anilines is 1. The summed E-state index contributed by atoms with van der Waals surface area (Å²) in [5.41, 5.74) is 4.09. The summed E-state index contributed by atoms with van der Waals surface area (Å²) in [6, 6.07) is 6.08. The summed E-state index contributed by atoms with van der Waals surface area (Å²) >= 11 is 0. The van der Waals surface area contributed by atoms with E-state index in [1.807, 2.05) is 0 Å². The number of hydrogen-bond donors (Lipinski definition) is 4. The van der Waals surface area contributed by atoms with Crippen molar-refractivity contribution in [1.29, 1.82) is 0 Å². The van der Waals surface area contributed by atoms with Gasteiger partial charge in [0, 0.05) is 5.56 Å². The fraction of sp³-hybridized carbons (Fsp3) is 0.118. The van der Waals surface area contributed by atoms with Crippen LogP contribution in [0.4, 0.5) is 5.82 Å². The zero-order valence-electron chi connectivity index (χ0n) is 13.3. The molecule has 1 aromatic carbocycles. The van der Waals surface area contributed by atoms with Crippen molar-refractivity contribution in [2.24, 2.45) is 0 Å². The van der Waals surface area contributed by atoms with Crippen LogP contribution in [0.5, 0.6) is 5.75 Å². The molecule has 130 valence electrons. The van der Waals surface area contributed by atoms with E-state index in [1.54, 1.807) is 19.1 Å². The molecule has 0 amide bonds. The van der Waals surface area contributed by atoms with Crippen LogP contribution < -0.4 is 16.0 Å². The number of nitrogens with two attached hydrogens (primary N) is 1. The molecule has 0 unspecified atom stereocenters. The third-order valence-corrected chi connectivity index (χ3v) is 3.28. The quantitative estimate of drug-likeness (QED) is 0.587. The van der Waals surface area contributed by atoms with Crippen LogP contribution in [0.15, 0.2) is 41.2 Å². The number of H-pyrrole nitrogens is 1. The largest absolute Gasteiger partial charge is 0.489 e. The van der Waals surface area contributed by atoms with Gasteiger partial charge in [-0.2, -0.15) is 0 Å². The zero-order valence-corrected chi connectivity index (χ0v) is 13.3. The molecule has 5 N–H and O–H groups in total. The predicted octanol–water partition coefficient (Wildman–Crippen LogP) is 1.98. The van der Waals surface area contributed by atoms with E-state index in [1.165, 1.54) is 12.1 Å². The van der Waals surface area contributed by atoms with Crippen LogP contribution in [-0.4, -0.2) is 33.7 Å². The third kappa shape index (κ3) is 3.69. The van der Waals surface area contributed by atoms with Crippen molar-refractivity contribution in [2.75, 3.05) is 12.3 Å². The molecule has 0 radical (unpaired) electrons. The second kappa shape index (κ2) is 6.91. The molecule has 1 aromatic heterocycles. The number of pyridine rings is 1. The fourth-order valence-corrected chi connectivity index (χ4v) is 2.28. The Labute approximate surface area is 142 Å². The van der Waals surface area contributed by atoms with Gasteiger partial charge < -0.3 is 25.7 Å². The zero-order chi connectivity index (χ0) is 18.7. The Morgan fingerprint density at radius 2 is 1.88 bits per heavy atom. The minimum absolute atomic E-state index is 0.187. The Hall–Kier alpha value is -3.55. The van der Waals surface area contributed by atoms with Crippen molar-refractivity contribution in [3.63, 3.8) is 0 Å². The van der Waals surface area contributed by atoms with Crippen molar-refractivity contribution in [2.45, 2.75) is 6.92 Å². The summed E-state index contributed by atoms with van der Waals surface area (Å²) in [7, 11) is 0. The highest BCUT2D eigenvalue weighted by Gasteiger charge is 2.26. The van der Waals surface area contributed by atoms with Crippen molar-refractivity contribution < 1.29 is 24.5 Å². The van der Waals surface area contributed by atoms with Crippen LogP contribution in [0, 0.1) is 0 Å². The second-order valence-corrected chi connectivity index (χ2v) is 5.38. The minimum Gasteiger partial charge on any atom is -0.489 e. The number of aromatic amines is 1. The van der Waals surface area contributed by atoms with Crippen molar-refractivity contribution in [1.82, 2.24) is 4.98 Å². The van der Waals surface area contributed by atoms with Gasteiger partial charge in [-0.05, 0) is 30.2 Å². The number of aromatic nitrogens is 1. The molecule has 25 heavy (non-hydrogen) atoms. The number of carbonyl (C=O) groups is 2. The van der Waals surface area contributed by atoms with Crippen LogP contribution in [0.2, 0.25) is 0 Å². The third-order valence-electron chi connectivity index (χ3n) is 3.28. The molecular formula is C17H16N2O6. The molecule has 0 atom stereocenters. The Morgan fingerprint density at radius 3 is 2.44 bits per heavy atom. The maximum absolute atomic E-state index is 12.0. The molecule has 0 aliphatic heterocycles. The molecule has 0 bridgehead atoms. The lowest BCUT2D eigenvalue weighted by Crippen LogP contribution is -2.24. The number of benzene rings is 1. The summed E-state index contributed by atoms with van der Waals surface area (Å²) in [6.07, 6.45) is 0. The van der Waals surface area contributed by atoms with Gasteiger partial charge in [0.05, 0.1) is 0 Å². The van der Waals surface area contributed by atoms with Gasteiger partial charge in [-0.25, -0.2) is 9.59 Å². The van der Waals surface area contributed by atoms with E-state index in [-0.39, 0.29) is 17.7 Å². The monoisotopic (exact) mass is 344 g/mol. The van der Waals surface area contributed by atoms with Gasteiger partial charge in [0.2, 0.25) is 0 Å². The lowest BCUT2D eigenvalue weighted by atomic mass is 9.95. The van der Waals surface area contributed by atoms with Crippen LogP contribution in [0.25, 0.3) is 11.1 Å². The number of nitrogens with one attached hydrogen (secondary N) is 1. The van der Waals surface area contributed by atoms with Gasteiger partial charge in [0.15, 0.2) is 0 Å². The average molecular weight is 344 g/mol. The molecule has 0 fully saturated rings. The van der Waals surface area contributed by atoms with E-state index >= 15 is 0 Å². The number of rotatable bonds is 6. The Kier molecular flexibility index (Phi) is 4.92. The molecule has 0 aliphatic rings. The maximum Gasteiger partial charge on any atom is 0.342 e. The lowest BCUT2D eigenvalue weighted by Gasteiger charge is -2.13. The first-order chi connectivity index (χ1) is 11.7. The van der Waals surface area contributed by atoms with Crippen LogP contribution in [-0.2, 0) is 0 Å². The topological polar surface area (TPSA) is 143 Å². The smallest absolute Gasteiger partial charge is 0.342 e. The summed E-state index contributed by atoms with van der Waals surface area (Å²) in [5.74, 6) is -3.08. The van der Waals surface area contributed by atoms with Gasteiger partial charge in [-0.1, -0.05) is 18.7 Å². The number of hydrogen-bond acceptors (Lipinski definition) is 5. The first kappa shape index (κ1) is 17.8. The number of ether oxygens (including phenoxy) is 1. The van der Waals surface area contributed by atoms with E-state index in [0.717, 1.165) is 5.57 Å².